The number of nitrogens with one attached hydrogen (secondary N) is 1. The molecule has 0 aromatic carbocycles. The van der Waals surface area contributed by atoms with E-state index in [-0.39, 0.29) is 10.6 Å². The number of aromatic nitrogens is 3. The summed E-state index contributed by atoms with van der Waals surface area (Å²) in [6.45, 7) is 0. The first kappa shape index (κ1) is 11.3. The van der Waals surface area contributed by atoms with Crippen molar-refractivity contribution in [2.45, 2.75) is 0 Å². The number of halogens is 1. The summed E-state index contributed by atoms with van der Waals surface area (Å²) in [5, 5.41) is 11.8. The van der Waals surface area contributed by atoms with Crippen LogP contribution in [0.25, 0.3) is 0 Å². The molecule has 0 atom stereocenters. The highest BCUT2D eigenvalue weighted by Crippen LogP contribution is 2.20. The highest BCUT2D eigenvalue weighted by molar-refractivity contribution is 6.33. The number of carboxylic acid groups (broad SMARTS) is 1. The van der Waals surface area contributed by atoms with E-state index >= 15 is 0 Å². The normalized spacial score (nSPS) is 9.94. The van der Waals surface area contributed by atoms with Gasteiger partial charge in [-0.2, -0.15) is 0 Å². The first-order valence-electron chi connectivity index (χ1n) is 4.57. The van der Waals surface area contributed by atoms with Crippen molar-refractivity contribution in [1.82, 2.24) is 15.0 Å². The highest BCUT2D eigenvalue weighted by atomic mass is 35.5. The quantitative estimate of drug-likeness (QED) is 0.866. The summed E-state index contributed by atoms with van der Waals surface area (Å²) in [5.41, 5.74) is 0.597. The van der Waals surface area contributed by atoms with Gasteiger partial charge in [-0.25, -0.2) is 19.7 Å². The zero-order valence-corrected chi connectivity index (χ0v) is 9.22. The van der Waals surface area contributed by atoms with Crippen molar-refractivity contribution in [3.8, 4) is 0 Å². The summed E-state index contributed by atoms with van der Waals surface area (Å²) < 4.78 is 0. The Balaban J connectivity index is 2.29. The van der Waals surface area contributed by atoms with Crippen LogP contribution >= 0.6 is 11.6 Å². The second-order valence-electron chi connectivity index (χ2n) is 3.11. The summed E-state index contributed by atoms with van der Waals surface area (Å²) in [5.74, 6) is -0.744. The second-order valence-corrected chi connectivity index (χ2v) is 3.51. The Labute approximate surface area is 101 Å². The number of aromatic carboxylic acids is 1. The van der Waals surface area contributed by atoms with E-state index in [1.807, 2.05) is 0 Å². The SMILES string of the molecule is O=C(O)c1cc(Nc2cncnc2)ncc1Cl. The summed E-state index contributed by atoms with van der Waals surface area (Å²) >= 11 is 5.70. The van der Waals surface area contributed by atoms with Crippen LogP contribution < -0.4 is 5.32 Å². The zero-order valence-electron chi connectivity index (χ0n) is 8.46. The maximum atomic E-state index is 10.9. The minimum Gasteiger partial charge on any atom is -0.478 e. The van der Waals surface area contributed by atoms with Crippen molar-refractivity contribution < 1.29 is 9.90 Å². The van der Waals surface area contributed by atoms with Crippen LogP contribution in [0.1, 0.15) is 10.4 Å². The number of rotatable bonds is 3. The molecule has 2 rings (SSSR count). The number of pyridine rings is 1. The predicted octanol–water partition coefficient (Wildman–Crippen LogP) is 1.97. The summed E-state index contributed by atoms with van der Waals surface area (Å²) in [4.78, 5) is 22.4. The summed E-state index contributed by atoms with van der Waals surface area (Å²) in [6, 6.07) is 1.34. The molecular weight excluding hydrogens is 244 g/mol. The van der Waals surface area contributed by atoms with Gasteiger partial charge < -0.3 is 10.4 Å². The maximum Gasteiger partial charge on any atom is 0.337 e. The molecule has 0 saturated heterocycles. The van der Waals surface area contributed by atoms with E-state index in [2.05, 4.69) is 20.3 Å². The van der Waals surface area contributed by atoms with Crippen molar-refractivity contribution in [2.75, 3.05) is 5.32 Å². The molecule has 0 aliphatic rings. The monoisotopic (exact) mass is 250 g/mol. The van der Waals surface area contributed by atoms with Gasteiger partial charge in [0.25, 0.3) is 0 Å². The fourth-order valence-electron chi connectivity index (χ4n) is 1.18. The minimum atomic E-state index is -1.11. The maximum absolute atomic E-state index is 10.9. The molecule has 0 fully saturated rings. The lowest BCUT2D eigenvalue weighted by Gasteiger charge is -2.05. The molecule has 86 valence electrons. The lowest BCUT2D eigenvalue weighted by Crippen LogP contribution is -2.01. The van der Waals surface area contributed by atoms with Gasteiger partial charge >= 0.3 is 5.97 Å². The Morgan fingerprint density at radius 1 is 1.29 bits per heavy atom. The third-order valence-corrected chi connectivity index (χ3v) is 2.22. The van der Waals surface area contributed by atoms with Crippen LogP contribution in [-0.2, 0) is 0 Å². The standard InChI is InChI=1S/C10H7ClN4O2/c11-8-4-14-9(1-7(8)10(16)17)15-6-2-12-5-13-3-6/h1-5H,(H,14,15)(H,16,17). The van der Waals surface area contributed by atoms with Crippen LogP contribution in [0.4, 0.5) is 11.5 Å². The fraction of sp³-hybridized carbons (Fsp3) is 0. The molecule has 2 N–H and O–H groups in total. The van der Waals surface area contributed by atoms with Gasteiger partial charge in [-0.05, 0) is 6.07 Å². The van der Waals surface area contributed by atoms with E-state index in [1.54, 1.807) is 12.4 Å². The molecule has 0 radical (unpaired) electrons. The zero-order chi connectivity index (χ0) is 12.3. The molecule has 2 heterocycles. The smallest absolute Gasteiger partial charge is 0.337 e. The number of anilines is 2. The topological polar surface area (TPSA) is 88.0 Å². The number of hydrogen-bond acceptors (Lipinski definition) is 5. The van der Waals surface area contributed by atoms with E-state index in [4.69, 9.17) is 16.7 Å². The average molecular weight is 251 g/mol. The molecule has 0 aliphatic carbocycles. The first-order chi connectivity index (χ1) is 8.16. The predicted molar refractivity (Wildman–Crippen MR) is 61.5 cm³/mol. The van der Waals surface area contributed by atoms with E-state index in [0.29, 0.717) is 11.5 Å². The van der Waals surface area contributed by atoms with Crippen LogP contribution in [0, 0.1) is 0 Å². The minimum absolute atomic E-state index is 0.0129. The molecule has 0 aliphatic heterocycles. The van der Waals surface area contributed by atoms with Crippen molar-refractivity contribution in [1.29, 1.82) is 0 Å². The molecule has 0 bridgehead atoms. The summed E-state index contributed by atoms with van der Waals surface area (Å²) in [6.07, 6.45) is 5.76. The largest absolute Gasteiger partial charge is 0.478 e. The van der Waals surface area contributed by atoms with E-state index < -0.39 is 5.97 Å². The van der Waals surface area contributed by atoms with Crippen LogP contribution in [0.3, 0.4) is 0 Å². The van der Waals surface area contributed by atoms with Crippen LogP contribution in [0.5, 0.6) is 0 Å². The molecule has 0 unspecified atom stereocenters. The molecule has 6 nitrogen and oxygen atoms in total. The lowest BCUT2D eigenvalue weighted by atomic mass is 10.2. The van der Waals surface area contributed by atoms with Crippen LogP contribution in [0.2, 0.25) is 5.02 Å². The van der Waals surface area contributed by atoms with Gasteiger partial charge in [0.2, 0.25) is 0 Å². The Morgan fingerprint density at radius 3 is 2.65 bits per heavy atom. The van der Waals surface area contributed by atoms with E-state index in [9.17, 15) is 4.79 Å². The fourth-order valence-corrected chi connectivity index (χ4v) is 1.37. The molecule has 2 aromatic heterocycles. The lowest BCUT2D eigenvalue weighted by molar-refractivity contribution is 0.0697. The van der Waals surface area contributed by atoms with Gasteiger partial charge in [0, 0.05) is 6.20 Å². The van der Waals surface area contributed by atoms with Crippen molar-refractivity contribution in [3.05, 3.63) is 41.6 Å². The van der Waals surface area contributed by atoms with E-state index in [1.165, 1.54) is 18.6 Å². The number of carboxylic acids is 1. The molecule has 0 spiro atoms. The Hall–Kier alpha value is -2.21. The Morgan fingerprint density at radius 2 is 2.00 bits per heavy atom. The van der Waals surface area contributed by atoms with E-state index in [0.717, 1.165) is 0 Å². The van der Waals surface area contributed by atoms with Crippen molar-refractivity contribution in [2.24, 2.45) is 0 Å². The Kier molecular flexibility index (Phi) is 3.15. The molecule has 2 aromatic rings. The summed E-state index contributed by atoms with van der Waals surface area (Å²) in [7, 11) is 0. The van der Waals surface area contributed by atoms with Gasteiger partial charge in [0.05, 0.1) is 28.7 Å². The first-order valence-corrected chi connectivity index (χ1v) is 4.95. The molecule has 17 heavy (non-hydrogen) atoms. The van der Waals surface area contributed by atoms with Gasteiger partial charge in [-0.1, -0.05) is 11.6 Å². The molecule has 7 heteroatoms. The highest BCUT2D eigenvalue weighted by Gasteiger charge is 2.10. The van der Waals surface area contributed by atoms with Gasteiger partial charge in [-0.3, -0.25) is 0 Å². The number of nitrogens with zero attached hydrogens (tertiary/aromatic N) is 3. The average Bonchev–Trinajstić information content (AvgIpc) is 2.32. The molecule has 0 saturated carbocycles. The third-order valence-electron chi connectivity index (χ3n) is 1.92. The van der Waals surface area contributed by atoms with Gasteiger partial charge in [-0.15, -0.1) is 0 Å². The van der Waals surface area contributed by atoms with Crippen LogP contribution in [-0.4, -0.2) is 26.0 Å². The van der Waals surface area contributed by atoms with Gasteiger partial charge in [0.1, 0.15) is 12.1 Å². The van der Waals surface area contributed by atoms with Gasteiger partial charge in [0.15, 0.2) is 0 Å². The Bertz CT molecular complexity index is 547. The molecule has 0 amide bonds. The second kappa shape index (κ2) is 4.75. The molecular formula is C10H7ClN4O2. The van der Waals surface area contributed by atoms with Crippen molar-refractivity contribution in [3.63, 3.8) is 0 Å². The van der Waals surface area contributed by atoms with Crippen molar-refractivity contribution >= 4 is 29.1 Å². The van der Waals surface area contributed by atoms with Crippen LogP contribution in [0.15, 0.2) is 31.0 Å². The number of carbonyl (C=O) groups is 1. The third kappa shape index (κ3) is 2.67. The number of hydrogen-bond donors (Lipinski definition) is 2.